The number of rotatable bonds is 5. The highest BCUT2D eigenvalue weighted by molar-refractivity contribution is 9.11. The number of carboxylic acid groups (broad SMARTS) is 1. The zero-order valence-corrected chi connectivity index (χ0v) is 9.15. The summed E-state index contributed by atoms with van der Waals surface area (Å²) < 4.78 is 0.847. The van der Waals surface area contributed by atoms with Crippen LogP contribution in [0.4, 0.5) is 0 Å². The lowest BCUT2D eigenvalue weighted by Crippen LogP contribution is -2.02. The minimum Gasteiger partial charge on any atom is -0.478 e. The number of aliphatic carboxylic acids is 1. The average Bonchev–Trinajstić information content (AvgIpc) is 1.99. The Labute approximate surface area is 81.8 Å². The van der Waals surface area contributed by atoms with Crippen molar-refractivity contribution >= 4 is 21.9 Å². The number of hydrogen-bond acceptors (Lipinski definition) is 1. The van der Waals surface area contributed by atoms with Crippen molar-refractivity contribution in [2.24, 2.45) is 0 Å². The molecule has 0 amide bonds. The van der Waals surface area contributed by atoms with E-state index in [1.807, 2.05) is 13.8 Å². The molecule has 0 fully saturated rings. The van der Waals surface area contributed by atoms with Gasteiger partial charge in [-0.15, -0.1) is 0 Å². The van der Waals surface area contributed by atoms with Crippen LogP contribution in [-0.4, -0.2) is 11.1 Å². The molecule has 0 spiro atoms. The number of hydrogen-bond donors (Lipinski definition) is 1. The fourth-order valence-electron chi connectivity index (χ4n) is 0.979. The zero-order valence-electron chi connectivity index (χ0n) is 7.56. The summed E-state index contributed by atoms with van der Waals surface area (Å²) in [6.45, 7) is 4.02. The highest BCUT2D eigenvalue weighted by atomic mass is 79.9. The number of halogens is 1. The normalized spacial score (nSPS) is 12.6. The van der Waals surface area contributed by atoms with Crippen LogP contribution in [0, 0.1) is 0 Å². The van der Waals surface area contributed by atoms with Crippen molar-refractivity contribution in [2.45, 2.75) is 39.5 Å². The standard InChI is InChI=1S/C9H15BrO2/c1-3-5-7(9(11)12)8(10)6-4-2/h3-6H2,1-2H3,(H,11,12)/b8-7-. The Bertz CT molecular complexity index is 185. The summed E-state index contributed by atoms with van der Waals surface area (Å²) in [5.74, 6) is -0.794. The fraction of sp³-hybridized carbons (Fsp3) is 0.667. The van der Waals surface area contributed by atoms with Crippen molar-refractivity contribution in [3.63, 3.8) is 0 Å². The summed E-state index contributed by atoms with van der Waals surface area (Å²) in [4.78, 5) is 10.7. The van der Waals surface area contributed by atoms with Gasteiger partial charge in [-0.1, -0.05) is 42.6 Å². The van der Waals surface area contributed by atoms with E-state index in [1.165, 1.54) is 0 Å². The largest absolute Gasteiger partial charge is 0.478 e. The molecule has 0 aliphatic carbocycles. The second-order valence-electron chi connectivity index (χ2n) is 2.69. The third-order valence-electron chi connectivity index (χ3n) is 1.56. The van der Waals surface area contributed by atoms with Crippen LogP contribution in [0.2, 0.25) is 0 Å². The van der Waals surface area contributed by atoms with Crippen molar-refractivity contribution in [3.8, 4) is 0 Å². The number of carboxylic acids is 1. The number of allylic oxidation sites excluding steroid dienone is 1. The van der Waals surface area contributed by atoms with Crippen LogP contribution < -0.4 is 0 Å². The molecule has 0 bridgehead atoms. The van der Waals surface area contributed by atoms with Gasteiger partial charge in [-0.2, -0.15) is 0 Å². The monoisotopic (exact) mass is 234 g/mol. The van der Waals surface area contributed by atoms with Gasteiger partial charge in [0.15, 0.2) is 0 Å². The van der Waals surface area contributed by atoms with Crippen molar-refractivity contribution < 1.29 is 9.90 Å². The van der Waals surface area contributed by atoms with Gasteiger partial charge in [0.05, 0.1) is 0 Å². The van der Waals surface area contributed by atoms with Crippen molar-refractivity contribution in [3.05, 3.63) is 10.1 Å². The third kappa shape index (κ3) is 3.90. The van der Waals surface area contributed by atoms with Crippen molar-refractivity contribution in [2.75, 3.05) is 0 Å². The molecule has 1 N–H and O–H groups in total. The van der Waals surface area contributed by atoms with Gasteiger partial charge in [0.25, 0.3) is 0 Å². The summed E-state index contributed by atoms with van der Waals surface area (Å²) in [6.07, 6.45) is 3.32. The minimum absolute atomic E-state index is 0.527. The summed E-state index contributed by atoms with van der Waals surface area (Å²) in [7, 11) is 0. The molecular weight excluding hydrogens is 220 g/mol. The molecule has 0 aromatic rings. The van der Waals surface area contributed by atoms with Crippen LogP contribution in [0.5, 0.6) is 0 Å². The first-order valence-corrected chi connectivity index (χ1v) is 5.03. The summed E-state index contributed by atoms with van der Waals surface area (Å²) >= 11 is 3.30. The minimum atomic E-state index is -0.794. The van der Waals surface area contributed by atoms with Gasteiger partial charge in [0, 0.05) is 10.1 Å². The maximum absolute atomic E-state index is 10.7. The quantitative estimate of drug-likeness (QED) is 0.742. The molecule has 0 radical (unpaired) electrons. The molecule has 0 unspecified atom stereocenters. The van der Waals surface area contributed by atoms with Crippen LogP contribution in [0.3, 0.4) is 0 Å². The lowest BCUT2D eigenvalue weighted by Gasteiger charge is -2.03. The van der Waals surface area contributed by atoms with E-state index < -0.39 is 5.97 Å². The van der Waals surface area contributed by atoms with Gasteiger partial charge >= 0.3 is 5.97 Å². The molecule has 70 valence electrons. The molecule has 0 aliphatic heterocycles. The van der Waals surface area contributed by atoms with E-state index in [9.17, 15) is 4.79 Å². The van der Waals surface area contributed by atoms with Crippen LogP contribution >= 0.6 is 15.9 Å². The predicted molar refractivity (Wildman–Crippen MR) is 53.4 cm³/mol. The first-order chi connectivity index (χ1) is 5.63. The Morgan fingerprint density at radius 2 is 1.75 bits per heavy atom. The smallest absolute Gasteiger partial charge is 0.332 e. The molecule has 2 nitrogen and oxygen atoms in total. The SMILES string of the molecule is CCC/C(Br)=C(\CCC)C(=O)O. The molecule has 3 heteroatoms. The Morgan fingerprint density at radius 1 is 1.25 bits per heavy atom. The van der Waals surface area contributed by atoms with Crippen molar-refractivity contribution in [1.29, 1.82) is 0 Å². The second-order valence-corrected chi connectivity index (χ2v) is 3.65. The molecule has 0 saturated carbocycles. The zero-order chi connectivity index (χ0) is 9.56. The van der Waals surface area contributed by atoms with E-state index in [0.717, 1.165) is 23.7 Å². The van der Waals surface area contributed by atoms with E-state index in [1.54, 1.807) is 0 Å². The lowest BCUT2D eigenvalue weighted by molar-refractivity contribution is -0.132. The Morgan fingerprint density at radius 3 is 2.08 bits per heavy atom. The molecule has 0 heterocycles. The van der Waals surface area contributed by atoms with E-state index in [4.69, 9.17) is 5.11 Å². The Hall–Kier alpha value is -0.310. The molecule has 0 aromatic carbocycles. The molecule has 0 atom stereocenters. The second kappa shape index (κ2) is 6.23. The van der Waals surface area contributed by atoms with Gasteiger partial charge < -0.3 is 5.11 Å². The maximum Gasteiger partial charge on any atom is 0.332 e. The van der Waals surface area contributed by atoms with Gasteiger partial charge in [-0.25, -0.2) is 4.79 Å². The Balaban J connectivity index is 4.43. The van der Waals surface area contributed by atoms with Crippen LogP contribution in [0.15, 0.2) is 10.1 Å². The number of carbonyl (C=O) groups is 1. The van der Waals surface area contributed by atoms with Gasteiger partial charge in [0.1, 0.15) is 0 Å². The predicted octanol–water partition coefficient (Wildman–Crippen LogP) is 3.32. The summed E-state index contributed by atoms with van der Waals surface area (Å²) in [5.41, 5.74) is 0.527. The highest BCUT2D eigenvalue weighted by Crippen LogP contribution is 2.21. The van der Waals surface area contributed by atoms with E-state index in [-0.39, 0.29) is 0 Å². The van der Waals surface area contributed by atoms with Crippen molar-refractivity contribution in [1.82, 2.24) is 0 Å². The lowest BCUT2D eigenvalue weighted by atomic mass is 10.1. The maximum atomic E-state index is 10.7. The fourth-order valence-corrected chi connectivity index (χ4v) is 1.74. The molecule has 12 heavy (non-hydrogen) atoms. The van der Waals surface area contributed by atoms with E-state index in [0.29, 0.717) is 12.0 Å². The molecule has 0 aliphatic rings. The van der Waals surface area contributed by atoms with Crippen LogP contribution in [-0.2, 0) is 4.79 Å². The summed E-state index contributed by atoms with van der Waals surface area (Å²) in [6, 6.07) is 0. The van der Waals surface area contributed by atoms with Gasteiger partial charge in [0.2, 0.25) is 0 Å². The molecule has 0 saturated heterocycles. The molecule has 0 aromatic heterocycles. The Kier molecular flexibility index (Phi) is 6.07. The topological polar surface area (TPSA) is 37.3 Å². The van der Waals surface area contributed by atoms with Gasteiger partial charge in [-0.3, -0.25) is 0 Å². The highest BCUT2D eigenvalue weighted by Gasteiger charge is 2.10. The van der Waals surface area contributed by atoms with Crippen LogP contribution in [0.25, 0.3) is 0 Å². The average molecular weight is 235 g/mol. The molecular formula is C9H15BrO2. The van der Waals surface area contributed by atoms with E-state index >= 15 is 0 Å². The third-order valence-corrected chi connectivity index (χ3v) is 2.43. The first kappa shape index (κ1) is 11.7. The van der Waals surface area contributed by atoms with Gasteiger partial charge in [-0.05, 0) is 12.8 Å². The van der Waals surface area contributed by atoms with E-state index in [2.05, 4.69) is 15.9 Å². The first-order valence-electron chi connectivity index (χ1n) is 4.24. The summed E-state index contributed by atoms with van der Waals surface area (Å²) in [5, 5.41) is 8.81. The molecule has 0 rings (SSSR count). The van der Waals surface area contributed by atoms with Crippen LogP contribution in [0.1, 0.15) is 39.5 Å².